The summed E-state index contributed by atoms with van der Waals surface area (Å²) in [7, 11) is 2.10. The lowest BCUT2D eigenvalue weighted by Gasteiger charge is -2.56. The van der Waals surface area contributed by atoms with E-state index in [1.807, 2.05) is 18.2 Å². The van der Waals surface area contributed by atoms with E-state index in [2.05, 4.69) is 18.4 Å². The summed E-state index contributed by atoms with van der Waals surface area (Å²) < 4.78 is 6.30. The normalized spacial score (nSPS) is 28.1. The third-order valence-corrected chi connectivity index (χ3v) is 5.93. The van der Waals surface area contributed by atoms with Crippen LogP contribution in [0.5, 0.6) is 0 Å². The zero-order chi connectivity index (χ0) is 14.7. The molecule has 116 valence electrons. The van der Waals surface area contributed by atoms with Gasteiger partial charge >= 0.3 is 0 Å². The lowest BCUT2D eigenvalue weighted by molar-refractivity contribution is -0.148. The highest BCUT2D eigenvalue weighted by Gasteiger charge is 2.54. The molecule has 1 N–H and O–H groups in total. The summed E-state index contributed by atoms with van der Waals surface area (Å²) in [6.07, 6.45) is 9.63. The molecule has 2 fully saturated rings. The van der Waals surface area contributed by atoms with E-state index in [9.17, 15) is 0 Å². The second-order valence-corrected chi connectivity index (χ2v) is 7.02. The summed E-state index contributed by atoms with van der Waals surface area (Å²) in [6.45, 7) is 0.641. The molecule has 2 unspecified atom stereocenters. The predicted octanol–water partition coefficient (Wildman–Crippen LogP) is 4.56. The monoisotopic (exact) mass is 307 g/mol. The van der Waals surface area contributed by atoms with Crippen molar-refractivity contribution in [2.75, 3.05) is 7.05 Å². The van der Waals surface area contributed by atoms with Crippen molar-refractivity contribution < 1.29 is 4.74 Å². The summed E-state index contributed by atoms with van der Waals surface area (Å²) in [4.78, 5) is 0. The van der Waals surface area contributed by atoms with E-state index in [-0.39, 0.29) is 0 Å². The Morgan fingerprint density at radius 2 is 1.90 bits per heavy atom. The Kier molecular flexibility index (Phi) is 4.88. The van der Waals surface area contributed by atoms with Gasteiger partial charge in [-0.05, 0) is 37.9 Å². The molecule has 0 amide bonds. The van der Waals surface area contributed by atoms with E-state index >= 15 is 0 Å². The molecule has 0 aliphatic heterocycles. The minimum absolute atomic E-state index is 0.368. The molecular formula is C18H26ClNO. The third kappa shape index (κ3) is 2.99. The molecule has 3 rings (SSSR count). The summed E-state index contributed by atoms with van der Waals surface area (Å²) in [5.41, 5.74) is 1.47. The van der Waals surface area contributed by atoms with Gasteiger partial charge in [0, 0.05) is 16.5 Å². The number of hydrogen-bond donors (Lipinski definition) is 1. The average Bonchev–Trinajstić information content (AvgIpc) is 2.76. The Balaban J connectivity index is 1.66. The molecule has 2 aliphatic rings. The molecule has 1 aromatic rings. The van der Waals surface area contributed by atoms with E-state index < -0.39 is 0 Å². The maximum atomic E-state index is 6.30. The maximum Gasteiger partial charge on any atom is 0.0735 e. The zero-order valence-corrected chi connectivity index (χ0v) is 13.7. The van der Waals surface area contributed by atoms with E-state index in [0.717, 1.165) is 17.0 Å². The molecule has 0 radical (unpaired) electrons. The van der Waals surface area contributed by atoms with Crippen LogP contribution in [0.4, 0.5) is 0 Å². The molecule has 2 nitrogen and oxygen atoms in total. The first kappa shape index (κ1) is 15.3. The van der Waals surface area contributed by atoms with Gasteiger partial charge in [0.1, 0.15) is 0 Å². The fraction of sp³-hybridized carbons (Fsp3) is 0.667. The molecule has 0 saturated heterocycles. The second kappa shape index (κ2) is 6.68. The van der Waals surface area contributed by atoms with Crippen molar-refractivity contribution in [3.63, 3.8) is 0 Å². The standard InChI is InChI=1S/C18H26ClNO/c1-20-16-12-17(18(16)10-6-2-3-7-11-18)21-13-14-8-4-5-9-15(14)19/h4-5,8-9,16-17,20H,2-3,6-7,10-13H2,1H3. The number of benzene rings is 1. The molecule has 1 spiro atoms. The predicted molar refractivity (Wildman–Crippen MR) is 87.6 cm³/mol. The van der Waals surface area contributed by atoms with Gasteiger partial charge in [-0.15, -0.1) is 0 Å². The molecule has 0 bridgehead atoms. The Morgan fingerprint density at radius 3 is 2.57 bits per heavy atom. The lowest BCUT2D eigenvalue weighted by atomic mass is 9.58. The van der Waals surface area contributed by atoms with Crippen LogP contribution in [0.15, 0.2) is 24.3 Å². The minimum atomic E-state index is 0.368. The fourth-order valence-electron chi connectivity index (χ4n) is 4.25. The second-order valence-electron chi connectivity index (χ2n) is 6.62. The largest absolute Gasteiger partial charge is 0.373 e. The van der Waals surface area contributed by atoms with Crippen molar-refractivity contribution in [1.82, 2.24) is 5.32 Å². The van der Waals surface area contributed by atoms with E-state index in [4.69, 9.17) is 16.3 Å². The van der Waals surface area contributed by atoms with Crippen molar-refractivity contribution in [1.29, 1.82) is 0 Å². The molecule has 0 aromatic heterocycles. The number of rotatable bonds is 4. The SMILES string of the molecule is CNC1CC(OCc2ccccc2Cl)C12CCCCCC2. The van der Waals surface area contributed by atoms with Gasteiger partial charge in [-0.25, -0.2) is 0 Å². The number of nitrogens with one attached hydrogen (secondary N) is 1. The highest BCUT2D eigenvalue weighted by atomic mass is 35.5. The third-order valence-electron chi connectivity index (χ3n) is 5.57. The Morgan fingerprint density at radius 1 is 1.19 bits per heavy atom. The van der Waals surface area contributed by atoms with Gasteiger partial charge in [-0.3, -0.25) is 0 Å². The topological polar surface area (TPSA) is 21.3 Å². The van der Waals surface area contributed by atoms with Crippen LogP contribution < -0.4 is 5.32 Å². The summed E-state index contributed by atoms with van der Waals surface area (Å²) in [6, 6.07) is 8.64. The van der Waals surface area contributed by atoms with Crippen LogP contribution in [0.3, 0.4) is 0 Å². The molecule has 0 heterocycles. The Bertz CT molecular complexity index is 468. The van der Waals surface area contributed by atoms with Gasteiger partial charge in [-0.1, -0.05) is 55.5 Å². The molecule has 1 aromatic carbocycles. The smallest absolute Gasteiger partial charge is 0.0735 e. The van der Waals surface area contributed by atoms with Gasteiger partial charge in [-0.2, -0.15) is 0 Å². The van der Waals surface area contributed by atoms with Crippen molar-refractivity contribution in [2.45, 2.75) is 63.7 Å². The van der Waals surface area contributed by atoms with Gasteiger partial charge in [0.15, 0.2) is 0 Å². The number of ether oxygens (including phenoxy) is 1. The molecule has 2 atom stereocenters. The summed E-state index contributed by atoms with van der Waals surface area (Å²) >= 11 is 6.24. The molecule has 2 aliphatic carbocycles. The fourth-order valence-corrected chi connectivity index (χ4v) is 4.44. The van der Waals surface area contributed by atoms with Crippen LogP contribution in [0.1, 0.15) is 50.5 Å². The van der Waals surface area contributed by atoms with Crippen molar-refractivity contribution in [2.24, 2.45) is 5.41 Å². The van der Waals surface area contributed by atoms with E-state index in [1.165, 1.54) is 38.5 Å². The minimum Gasteiger partial charge on any atom is -0.373 e. The quantitative estimate of drug-likeness (QED) is 0.880. The summed E-state index contributed by atoms with van der Waals surface area (Å²) in [5, 5.41) is 4.34. The molecule has 21 heavy (non-hydrogen) atoms. The van der Waals surface area contributed by atoms with Crippen LogP contribution in [-0.2, 0) is 11.3 Å². The highest BCUT2D eigenvalue weighted by Crippen LogP contribution is 2.52. The first-order valence-electron chi connectivity index (χ1n) is 8.28. The summed E-state index contributed by atoms with van der Waals surface area (Å²) in [5.74, 6) is 0. The molecular weight excluding hydrogens is 282 g/mol. The van der Waals surface area contributed by atoms with Gasteiger partial charge in [0.2, 0.25) is 0 Å². The van der Waals surface area contributed by atoms with Gasteiger partial charge in [0.25, 0.3) is 0 Å². The Hall–Kier alpha value is -0.570. The van der Waals surface area contributed by atoms with Crippen LogP contribution in [-0.4, -0.2) is 19.2 Å². The van der Waals surface area contributed by atoms with Gasteiger partial charge < -0.3 is 10.1 Å². The van der Waals surface area contributed by atoms with Crippen molar-refractivity contribution in [3.8, 4) is 0 Å². The molecule has 3 heteroatoms. The Labute approximate surface area is 133 Å². The number of halogens is 1. The van der Waals surface area contributed by atoms with Crippen LogP contribution in [0.25, 0.3) is 0 Å². The maximum absolute atomic E-state index is 6.30. The highest BCUT2D eigenvalue weighted by molar-refractivity contribution is 6.31. The van der Waals surface area contributed by atoms with Crippen LogP contribution in [0.2, 0.25) is 5.02 Å². The van der Waals surface area contributed by atoms with E-state index in [0.29, 0.717) is 24.2 Å². The average molecular weight is 308 g/mol. The van der Waals surface area contributed by atoms with Gasteiger partial charge in [0.05, 0.1) is 12.7 Å². The molecule has 2 saturated carbocycles. The van der Waals surface area contributed by atoms with Crippen LogP contribution in [0, 0.1) is 5.41 Å². The van der Waals surface area contributed by atoms with Crippen molar-refractivity contribution in [3.05, 3.63) is 34.9 Å². The zero-order valence-electron chi connectivity index (χ0n) is 12.9. The number of hydrogen-bond acceptors (Lipinski definition) is 2. The first-order valence-corrected chi connectivity index (χ1v) is 8.66. The van der Waals surface area contributed by atoms with Crippen molar-refractivity contribution >= 4 is 11.6 Å². The van der Waals surface area contributed by atoms with Crippen LogP contribution >= 0.6 is 11.6 Å². The lowest BCUT2D eigenvalue weighted by Crippen LogP contribution is -2.62. The first-order chi connectivity index (χ1) is 10.3. The van der Waals surface area contributed by atoms with E-state index in [1.54, 1.807) is 0 Å².